The Kier molecular flexibility index (Phi) is 5.36. The van der Waals surface area contributed by atoms with E-state index in [1.54, 1.807) is 13.8 Å². The monoisotopic (exact) mass is 377 g/mol. The van der Waals surface area contributed by atoms with Crippen molar-refractivity contribution in [3.63, 3.8) is 0 Å². The van der Waals surface area contributed by atoms with Crippen molar-refractivity contribution in [2.75, 3.05) is 12.0 Å². The van der Waals surface area contributed by atoms with Gasteiger partial charge in [-0.25, -0.2) is 4.98 Å². The third kappa shape index (κ3) is 3.93. The second-order valence-electron chi connectivity index (χ2n) is 4.92. The Morgan fingerprint density at radius 2 is 2.00 bits per heavy atom. The second-order valence-corrected chi connectivity index (χ2v) is 5.28. The van der Waals surface area contributed by atoms with Crippen LogP contribution in [-0.2, 0) is 10.9 Å². The summed E-state index contributed by atoms with van der Waals surface area (Å²) in [5.74, 6) is -0.811. The van der Waals surface area contributed by atoms with Gasteiger partial charge in [0.15, 0.2) is 0 Å². The molecule has 0 unspecified atom stereocenters. The number of rotatable bonds is 5. The highest BCUT2D eigenvalue weighted by Crippen LogP contribution is 2.36. The molecule has 0 aliphatic carbocycles. The van der Waals surface area contributed by atoms with E-state index in [1.165, 1.54) is 12.3 Å². The first kappa shape index (κ1) is 18.8. The molecule has 0 aliphatic heterocycles. The van der Waals surface area contributed by atoms with E-state index in [2.05, 4.69) is 10.4 Å². The highest BCUT2D eigenvalue weighted by molar-refractivity contribution is 6.30. The van der Waals surface area contributed by atoms with E-state index in [0.717, 1.165) is 16.8 Å². The van der Waals surface area contributed by atoms with Crippen LogP contribution in [0.15, 0.2) is 18.4 Å². The van der Waals surface area contributed by atoms with Gasteiger partial charge in [-0.2, -0.15) is 17.8 Å². The topological polar surface area (TPSA) is 79.5 Å². The van der Waals surface area contributed by atoms with E-state index in [1.807, 2.05) is 0 Å². The van der Waals surface area contributed by atoms with Gasteiger partial charge >= 0.3 is 6.18 Å². The average molecular weight is 378 g/mol. The maximum atomic E-state index is 12.7. The van der Waals surface area contributed by atoms with E-state index >= 15 is 0 Å². The molecule has 0 aliphatic rings. The molecule has 0 saturated carbocycles. The van der Waals surface area contributed by atoms with Gasteiger partial charge < -0.3 is 14.9 Å². The van der Waals surface area contributed by atoms with Crippen molar-refractivity contribution in [2.24, 2.45) is 0 Å². The van der Waals surface area contributed by atoms with Gasteiger partial charge in [0.25, 0.3) is 0 Å². The maximum absolute atomic E-state index is 12.7. The fraction of sp³-hybridized carbons (Fsp3) is 0.267. The minimum absolute atomic E-state index is 0.0982. The molecule has 2 aromatic heterocycles. The Balaban J connectivity index is 2.35. The van der Waals surface area contributed by atoms with Crippen molar-refractivity contribution < 1.29 is 28.1 Å². The van der Waals surface area contributed by atoms with Crippen molar-refractivity contribution in [3.8, 4) is 11.8 Å². The average Bonchev–Trinajstić information content (AvgIpc) is 2.71. The first-order valence-corrected chi connectivity index (χ1v) is 7.46. The van der Waals surface area contributed by atoms with Crippen LogP contribution < -0.4 is 5.43 Å². The van der Waals surface area contributed by atoms with Crippen LogP contribution in [-0.4, -0.2) is 26.5 Å². The standard InChI is InChI=1S/C15H15ClF3N3O3/c1-3-25-7-6-9-8(2)13(23)22(14(9)24)21-11-5-4-10(12(16)20-11)15(17,18)19/h4-7,23-24H,3H2,1-2H3,(H,20,21). The predicted octanol–water partition coefficient (Wildman–Crippen LogP) is 4.16. The van der Waals surface area contributed by atoms with Gasteiger partial charge in [-0.1, -0.05) is 11.6 Å². The Morgan fingerprint density at radius 3 is 2.56 bits per heavy atom. The van der Waals surface area contributed by atoms with Crippen molar-refractivity contribution >= 4 is 23.5 Å². The van der Waals surface area contributed by atoms with Crippen LogP contribution in [0.1, 0.15) is 23.6 Å². The van der Waals surface area contributed by atoms with Crippen LogP contribution >= 0.6 is 11.6 Å². The molecule has 0 amide bonds. The molecule has 0 bridgehead atoms. The molecule has 0 radical (unpaired) electrons. The molecule has 0 spiro atoms. The lowest BCUT2D eigenvalue weighted by atomic mass is 10.2. The Hall–Kier alpha value is -2.55. The van der Waals surface area contributed by atoms with Gasteiger partial charge in [-0.05, 0) is 32.1 Å². The lowest BCUT2D eigenvalue weighted by Gasteiger charge is -2.12. The van der Waals surface area contributed by atoms with Crippen molar-refractivity contribution in [1.82, 2.24) is 9.66 Å². The number of nitrogens with zero attached hydrogens (tertiary/aromatic N) is 2. The molecule has 2 rings (SSSR count). The molecular weight excluding hydrogens is 363 g/mol. The summed E-state index contributed by atoms with van der Waals surface area (Å²) >= 11 is 5.55. The summed E-state index contributed by atoms with van der Waals surface area (Å²) in [7, 11) is 0. The molecule has 0 saturated heterocycles. The summed E-state index contributed by atoms with van der Waals surface area (Å²) in [5.41, 5.74) is 2.01. The van der Waals surface area contributed by atoms with Crippen LogP contribution in [0.2, 0.25) is 5.15 Å². The van der Waals surface area contributed by atoms with Crippen LogP contribution in [0.5, 0.6) is 11.8 Å². The van der Waals surface area contributed by atoms with Crippen molar-refractivity contribution in [1.29, 1.82) is 0 Å². The highest BCUT2D eigenvalue weighted by atomic mass is 35.5. The Labute approximate surface area is 146 Å². The summed E-state index contributed by atoms with van der Waals surface area (Å²) in [6.45, 7) is 3.75. The molecular formula is C15H15ClF3N3O3. The molecule has 2 heterocycles. The lowest BCUT2D eigenvalue weighted by Crippen LogP contribution is -2.12. The third-order valence-corrected chi connectivity index (χ3v) is 3.57. The van der Waals surface area contributed by atoms with Gasteiger partial charge in [0, 0.05) is 11.1 Å². The highest BCUT2D eigenvalue weighted by Gasteiger charge is 2.34. The second kappa shape index (κ2) is 7.14. The lowest BCUT2D eigenvalue weighted by molar-refractivity contribution is -0.137. The first-order chi connectivity index (χ1) is 11.7. The molecule has 0 aromatic carbocycles. The summed E-state index contributed by atoms with van der Waals surface area (Å²) < 4.78 is 44.0. The molecule has 6 nitrogen and oxygen atoms in total. The number of aromatic hydroxyl groups is 2. The van der Waals surface area contributed by atoms with Crippen LogP contribution in [0.4, 0.5) is 19.0 Å². The molecule has 0 fully saturated rings. The van der Waals surface area contributed by atoms with E-state index in [-0.39, 0.29) is 23.1 Å². The molecule has 3 N–H and O–H groups in total. The molecule has 10 heteroatoms. The number of pyridine rings is 1. The fourth-order valence-corrected chi connectivity index (χ4v) is 2.28. The number of anilines is 1. The summed E-state index contributed by atoms with van der Waals surface area (Å²) in [6.07, 6.45) is -1.84. The Bertz CT molecular complexity index is 804. The first-order valence-electron chi connectivity index (χ1n) is 7.09. The van der Waals surface area contributed by atoms with Crippen molar-refractivity contribution in [3.05, 3.63) is 40.2 Å². The Morgan fingerprint density at radius 1 is 1.32 bits per heavy atom. The number of aromatic nitrogens is 2. The summed E-state index contributed by atoms with van der Waals surface area (Å²) in [6, 6.07) is 1.77. The van der Waals surface area contributed by atoms with Crippen molar-refractivity contribution in [2.45, 2.75) is 20.0 Å². The van der Waals surface area contributed by atoms with E-state index in [4.69, 9.17) is 16.3 Å². The number of alkyl halides is 3. The minimum Gasteiger partial charge on any atom is -0.501 e. The number of hydrogen-bond donors (Lipinski definition) is 3. The van der Waals surface area contributed by atoms with Gasteiger partial charge in [0.05, 0.1) is 18.4 Å². The number of ether oxygens (including phenoxy) is 1. The van der Waals surface area contributed by atoms with Gasteiger partial charge in [0.1, 0.15) is 11.0 Å². The minimum atomic E-state index is -4.63. The molecule has 2 aromatic rings. The number of halogens is 4. The summed E-state index contributed by atoms with van der Waals surface area (Å²) in [4.78, 5) is 3.58. The smallest absolute Gasteiger partial charge is 0.419 e. The normalized spacial score (nSPS) is 11.9. The van der Waals surface area contributed by atoms with Gasteiger partial charge in [-0.15, -0.1) is 0 Å². The third-order valence-electron chi connectivity index (χ3n) is 3.28. The quantitative estimate of drug-likeness (QED) is 0.538. The predicted molar refractivity (Wildman–Crippen MR) is 86.4 cm³/mol. The molecule has 25 heavy (non-hydrogen) atoms. The van der Waals surface area contributed by atoms with Crippen LogP contribution in [0, 0.1) is 6.92 Å². The number of nitrogens with one attached hydrogen (secondary N) is 1. The van der Waals surface area contributed by atoms with Gasteiger partial charge in [0.2, 0.25) is 11.8 Å². The zero-order valence-electron chi connectivity index (χ0n) is 13.2. The molecule has 136 valence electrons. The number of hydrogen-bond acceptors (Lipinski definition) is 5. The largest absolute Gasteiger partial charge is 0.501 e. The van der Waals surface area contributed by atoms with Gasteiger partial charge in [-0.3, -0.25) is 5.43 Å². The SMILES string of the molecule is CCOC=Cc1c(C)c(O)n(Nc2ccc(C(F)(F)F)c(Cl)n2)c1O. The van der Waals surface area contributed by atoms with E-state index in [9.17, 15) is 23.4 Å². The zero-order chi connectivity index (χ0) is 18.8. The van der Waals surface area contributed by atoms with Crippen LogP contribution in [0.3, 0.4) is 0 Å². The van der Waals surface area contributed by atoms with E-state index in [0.29, 0.717) is 12.2 Å². The fourth-order valence-electron chi connectivity index (χ4n) is 2.02. The molecule has 0 atom stereocenters. The van der Waals surface area contributed by atoms with Crippen LogP contribution in [0.25, 0.3) is 6.08 Å². The zero-order valence-corrected chi connectivity index (χ0v) is 14.0. The summed E-state index contributed by atoms with van der Waals surface area (Å²) in [5, 5.41) is 19.5. The maximum Gasteiger partial charge on any atom is 0.419 e. The van der Waals surface area contributed by atoms with E-state index < -0.39 is 16.9 Å².